The predicted molar refractivity (Wildman–Crippen MR) is 68.8 cm³/mol. The number of aryl methyl sites for hydroxylation is 1. The Labute approximate surface area is 105 Å². The summed E-state index contributed by atoms with van der Waals surface area (Å²) in [5.41, 5.74) is 7.81. The van der Waals surface area contributed by atoms with Gasteiger partial charge in [0.05, 0.1) is 5.54 Å². The maximum atomic E-state index is 6.16. The first-order valence-corrected chi connectivity index (χ1v) is 6.65. The molecule has 0 saturated carbocycles. The van der Waals surface area contributed by atoms with Gasteiger partial charge in [0.2, 0.25) is 11.7 Å². The smallest absolute Gasteiger partial charge is 0.246 e. The van der Waals surface area contributed by atoms with Crippen LogP contribution in [-0.4, -0.2) is 10.1 Å². The van der Waals surface area contributed by atoms with Crippen LogP contribution in [0.4, 0.5) is 0 Å². The van der Waals surface area contributed by atoms with Crippen LogP contribution in [0.2, 0.25) is 0 Å². The van der Waals surface area contributed by atoms with Crippen LogP contribution in [-0.2, 0) is 5.54 Å². The fourth-order valence-electron chi connectivity index (χ4n) is 1.78. The average molecular weight is 251 g/mol. The number of thiophene rings is 1. The molecule has 0 aliphatic carbocycles. The highest BCUT2D eigenvalue weighted by Gasteiger charge is 2.27. The number of aromatic nitrogens is 2. The molecule has 0 bridgehead atoms. The van der Waals surface area contributed by atoms with Crippen molar-refractivity contribution in [3.63, 3.8) is 0 Å². The van der Waals surface area contributed by atoms with Crippen molar-refractivity contribution in [2.75, 3.05) is 0 Å². The van der Waals surface area contributed by atoms with Crippen LogP contribution in [0.5, 0.6) is 0 Å². The van der Waals surface area contributed by atoms with Crippen molar-refractivity contribution < 1.29 is 4.52 Å². The molecule has 1 atom stereocenters. The Morgan fingerprint density at radius 1 is 1.47 bits per heavy atom. The van der Waals surface area contributed by atoms with Crippen LogP contribution in [0.1, 0.15) is 38.1 Å². The topological polar surface area (TPSA) is 64.9 Å². The predicted octanol–water partition coefficient (Wildman–Crippen LogP) is 3.08. The highest BCUT2D eigenvalue weighted by atomic mass is 32.1. The molecule has 17 heavy (non-hydrogen) atoms. The Kier molecular flexibility index (Phi) is 3.31. The fourth-order valence-corrected chi connectivity index (χ4v) is 2.61. The van der Waals surface area contributed by atoms with Gasteiger partial charge >= 0.3 is 0 Å². The summed E-state index contributed by atoms with van der Waals surface area (Å²) in [7, 11) is 0. The lowest BCUT2D eigenvalue weighted by Crippen LogP contribution is -2.33. The maximum Gasteiger partial charge on any atom is 0.246 e. The highest BCUT2D eigenvalue weighted by molar-refractivity contribution is 7.08. The third kappa shape index (κ3) is 2.40. The Balaban J connectivity index is 2.31. The van der Waals surface area contributed by atoms with Crippen molar-refractivity contribution in [2.45, 2.75) is 39.2 Å². The first-order valence-electron chi connectivity index (χ1n) is 5.71. The molecule has 2 aromatic rings. The standard InChI is InChI=1S/C12H17N3OS/c1-4-5-12(3,13)11-14-10(15-16-11)9-7-17-6-8(9)2/h6-7H,4-5,13H2,1-3H3. The molecule has 92 valence electrons. The Hall–Kier alpha value is -1.20. The summed E-state index contributed by atoms with van der Waals surface area (Å²) in [5, 5.41) is 8.10. The van der Waals surface area contributed by atoms with Crippen molar-refractivity contribution in [1.29, 1.82) is 0 Å². The first kappa shape index (κ1) is 12.3. The van der Waals surface area contributed by atoms with Crippen LogP contribution in [0.15, 0.2) is 15.3 Å². The van der Waals surface area contributed by atoms with E-state index in [0.29, 0.717) is 11.7 Å². The molecule has 2 heterocycles. The molecule has 2 aromatic heterocycles. The fraction of sp³-hybridized carbons (Fsp3) is 0.500. The van der Waals surface area contributed by atoms with E-state index in [0.717, 1.165) is 24.0 Å². The van der Waals surface area contributed by atoms with Gasteiger partial charge in [-0.3, -0.25) is 0 Å². The zero-order valence-electron chi connectivity index (χ0n) is 10.4. The molecule has 0 aromatic carbocycles. The zero-order chi connectivity index (χ0) is 12.5. The summed E-state index contributed by atoms with van der Waals surface area (Å²) in [6.07, 6.45) is 1.82. The van der Waals surface area contributed by atoms with Gasteiger partial charge in [0.15, 0.2) is 0 Å². The molecule has 0 amide bonds. The van der Waals surface area contributed by atoms with E-state index in [-0.39, 0.29) is 0 Å². The van der Waals surface area contributed by atoms with E-state index in [1.807, 2.05) is 19.2 Å². The van der Waals surface area contributed by atoms with Crippen LogP contribution >= 0.6 is 11.3 Å². The van der Waals surface area contributed by atoms with Gasteiger partial charge in [-0.2, -0.15) is 16.3 Å². The summed E-state index contributed by atoms with van der Waals surface area (Å²) in [6, 6.07) is 0. The van der Waals surface area contributed by atoms with Crippen molar-refractivity contribution in [1.82, 2.24) is 10.1 Å². The molecular formula is C12H17N3OS. The molecule has 5 heteroatoms. The van der Waals surface area contributed by atoms with Crippen molar-refractivity contribution in [3.05, 3.63) is 22.2 Å². The number of hydrogen-bond donors (Lipinski definition) is 1. The summed E-state index contributed by atoms with van der Waals surface area (Å²) in [4.78, 5) is 4.41. The summed E-state index contributed by atoms with van der Waals surface area (Å²) in [6.45, 7) is 6.05. The van der Waals surface area contributed by atoms with E-state index in [4.69, 9.17) is 10.3 Å². The number of nitrogens with zero attached hydrogens (tertiary/aromatic N) is 2. The molecule has 0 fully saturated rings. The Bertz CT molecular complexity index is 501. The maximum absolute atomic E-state index is 6.16. The monoisotopic (exact) mass is 251 g/mol. The number of rotatable bonds is 4. The summed E-state index contributed by atoms with van der Waals surface area (Å²) in [5.74, 6) is 1.14. The lowest BCUT2D eigenvalue weighted by atomic mass is 9.98. The van der Waals surface area contributed by atoms with Gasteiger partial charge in [-0.25, -0.2) is 0 Å². The van der Waals surface area contributed by atoms with E-state index in [2.05, 4.69) is 22.4 Å². The van der Waals surface area contributed by atoms with Gasteiger partial charge in [-0.15, -0.1) is 0 Å². The number of hydrogen-bond acceptors (Lipinski definition) is 5. The van der Waals surface area contributed by atoms with E-state index in [1.54, 1.807) is 11.3 Å². The minimum Gasteiger partial charge on any atom is -0.337 e. The van der Waals surface area contributed by atoms with Crippen LogP contribution in [0.3, 0.4) is 0 Å². The molecule has 0 radical (unpaired) electrons. The molecule has 4 nitrogen and oxygen atoms in total. The summed E-state index contributed by atoms with van der Waals surface area (Å²) < 4.78 is 5.28. The lowest BCUT2D eigenvalue weighted by Gasteiger charge is -2.18. The molecule has 0 spiro atoms. The second kappa shape index (κ2) is 4.58. The van der Waals surface area contributed by atoms with Gasteiger partial charge in [-0.05, 0) is 31.2 Å². The van der Waals surface area contributed by atoms with E-state index >= 15 is 0 Å². The first-order chi connectivity index (χ1) is 8.04. The van der Waals surface area contributed by atoms with E-state index in [1.165, 1.54) is 0 Å². The summed E-state index contributed by atoms with van der Waals surface area (Å²) >= 11 is 1.64. The van der Waals surface area contributed by atoms with Gasteiger partial charge < -0.3 is 10.3 Å². The van der Waals surface area contributed by atoms with Gasteiger partial charge in [0.1, 0.15) is 0 Å². The third-order valence-corrected chi connectivity index (χ3v) is 3.64. The molecule has 0 aliphatic heterocycles. The van der Waals surface area contributed by atoms with E-state index < -0.39 is 5.54 Å². The van der Waals surface area contributed by atoms with E-state index in [9.17, 15) is 0 Å². The van der Waals surface area contributed by atoms with Gasteiger partial charge in [-0.1, -0.05) is 18.5 Å². The lowest BCUT2D eigenvalue weighted by molar-refractivity contribution is 0.284. The van der Waals surface area contributed by atoms with Crippen LogP contribution in [0, 0.1) is 6.92 Å². The van der Waals surface area contributed by atoms with Crippen LogP contribution in [0.25, 0.3) is 11.4 Å². The molecule has 0 aliphatic rings. The van der Waals surface area contributed by atoms with Gasteiger partial charge in [0, 0.05) is 10.9 Å². The molecule has 1 unspecified atom stereocenters. The molecule has 2 N–H and O–H groups in total. The Morgan fingerprint density at radius 3 is 2.82 bits per heavy atom. The SMILES string of the molecule is CCCC(C)(N)c1nc(-c2cscc2C)no1. The van der Waals surface area contributed by atoms with Crippen molar-refractivity contribution in [2.24, 2.45) is 5.73 Å². The largest absolute Gasteiger partial charge is 0.337 e. The number of nitrogens with two attached hydrogens (primary N) is 1. The molecule has 0 saturated heterocycles. The van der Waals surface area contributed by atoms with Gasteiger partial charge in [0.25, 0.3) is 0 Å². The van der Waals surface area contributed by atoms with Crippen molar-refractivity contribution >= 4 is 11.3 Å². The molecular weight excluding hydrogens is 234 g/mol. The second-order valence-electron chi connectivity index (χ2n) is 4.56. The minimum atomic E-state index is -0.538. The third-order valence-electron chi connectivity index (χ3n) is 2.78. The van der Waals surface area contributed by atoms with Crippen LogP contribution < -0.4 is 5.73 Å². The molecule has 2 rings (SSSR count). The Morgan fingerprint density at radius 2 is 2.24 bits per heavy atom. The van der Waals surface area contributed by atoms with Crippen molar-refractivity contribution in [3.8, 4) is 11.4 Å². The second-order valence-corrected chi connectivity index (χ2v) is 5.30. The zero-order valence-corrected chi connectivity index (χ0v) is 11.2. The average Bonchev–Trinajstić information content (AvgIpc) is 2.85. The normalized spacial score (nSPS) is 14.8. The minimum absolute atomic E-state index is 0.514. The highest BCUT2D eigenvalue weighted by Crippen LogP contribution is 2.27. The quantitative estimate of drug-likeness (QED) is 0.907.